The molecule has 0 aliphatic rings. The Balaban J connectivity index is 3.40. The molecule has 0 heterocycles. The van der Waals surface area contributed by atoms with Gasteiger partial charge in [0.25, 0.3) is 0 Å². The number of hydrogen-bond acceptors (Lipinski definition) is 2. The first-order chi connectivity index (χ1) is 5.85. The predicted octanol–water partition coefficient (Wildman–Crippen LogP) is 2.07. The maximum Gasteiger partial charge on any atom is 0.0477 e. The predicted molar refractivity (Wildman–Crippen MR) is 55.3 cm³/mol. The van der Waals surface area contributed by atoms with E-state index in [1.54, 1.807) is 0 Å². The second kappa shape index (κ2) is 9.01. The van der Waals surface area contributed by atoms with Gasteiger partial charge in [0.2, 0.25) is 0 Å². The Morgan fingerprint density at radius 2 is 1.50 bits per heavy atom. The van der Waals surface area contributed by atoms with Gasteiger partial charge in [0, 0.05) is 6.67 Å². The van der Waals surface area contributed by atoms with E-state index >= 15 is 0 Å². The zero-order chi connectivity index (χ0) is 9.23. The van der Waals surface area contributed by atoms with Crippen LogP contribution in [0.1, 0.15) is 39.5 Å². The smallest absolute Gasteiger partial charge is 0.0477 e. The van der Waals surface area contributed by atoms with Crippen molar-refractivity contribution in [3.05, 3.63) is 0 Å². The molecule has 0 spiro atoms. The number of hydrogen-bond donors (Lipinski definition) is 1. The average Bonchev–Trinajstić information content (AvgIpc) is 2.10. The highest BCUT2D eigenvalue weighted by Crippen LogP contribution is 1.97. The van der Waals surface area contributed by atoms with E-state index in [0.717, 1.165) is 6.67 Å². The summed E-state index contributed by atoms with van der Waals surface area (Å²) in [5.41, 5.74) is 0. The lowest BCUT2D eigenvalue weighted by Gasteiger charge is -2.21. The molecule has 0 saturated carbocycles. The molecule has 0 aromatic carbocycles. The van der Waals surface area contributed by atoms with Gasteiger partial charge in [-0.05, 0) is 33.0 Å². The van der Waals surface area contributed by atoms with Crippen molar-refractivity contribution in [1.29, 1.82) is 0 Å². The summed E-state index contributed by atoms with van der Waals surface area (Å²) in [5, 5.41) is 3.21. The van der Waals surface area contributed by atoms with Gasteiger partial charge in [0.1, 0.15) is 0 Å². The van der Waals surface area contributed by atoms with Crippen molar-refractivity contribution in [1.82, 2.24) is 10.2 Å². The van der Waals surface area contributed by atoms with E-state index in [9.17, 15) is 0 Å². The van der Waals surface area contributed by atoms with Crippen LogP contribution in [-0.2, 0) is 0 Å². The standard InChI is InChI=1S/C10H24N2/c1-4-6-8-12(10-11-3)9-7-5-2/h11H,4-10H2,1-3H3. The highest BCUT2D eigenvalue weighted by Gasteiger charge is 2.00. The molecule has 0 aliphatic carbocycles. The first kappa shape index (κ1) is 11.9. The molecule has 0 aromatic rings. The average molecular weight is 172 g/mol. The summed E-state index contributed by atoms with van der Waals surface area (Å²) >= 11 is 0. The summed E-state index contributed by atoms with van der Waals surface area (Å²) < 4.78 is 0. The molecule has 0 rings (SSSR count). The van der Waals surface area contributed by atoms with Gasteiger partial charge < -0.3 is 5.32 Å². The number of nitrogens with zero attached hydrogens (tertiary/aromatic N) is 1. The second-order valence-electron chi connectivity index (χ2n) is 3.34. The van der Waals surface area contributed by atoms with E-state index < -0.39 is 0 Å². The van der Waals surface area contributed by atoms with Crippen LogP contribution in [0.3, 0.4) is 0 Å². The fourth-order valence-electron chi connectivity index (χ4n) is 1.26. The minimum atomic E-state index is 1.04. The normalized spacial score (nSPS) is 11.0. The Morgan fingerprint density at radius 3 is 1.83 bits per heavy atom. The maximum atomic E-state index is 3.21. The SMILES string of the molecule is CCCCN(CCCC)CNC. The monoisotopic (exact) mass is 172 g/mol. The molecule has 2 nitrogen and oxygen atoms in total. The summed E-state index contributed by atoms with van der Waals surface area (Å²) in [6.07, 6.45) is 5.25. The molecule has 0 radical (unpaired) electrons. The Hall–Kier alpha value is -0.0800. The van der Waals surface area contributed by atoms with E-state index in [0.29, 0.717) is 0 Å². The summed E-state index contributed by atoms with van der Waals surface area (Å²) in [4.78, 5) is 2.49. The third kappa shape index (κ3) is 6.62. The highest BCUT2D eigenvalue weighted by molar-refractivity contribution is 4.54. The van der Waals surface area contributed by atoms with E-state index in [4.69, 9.17) is 0 Å². The van der Waals surface area contributed by atoms with Gasteiger partial charge in [0.05, 0.1) is 0 Å². The van der Waals surface area contributed by atoms with Gasteiger partial charge in [-0.25, -0.2) is 0 Å². The molecule has 74 valence electrons. The van der Waals surface area contributed by atoms with Crippen molar-refractivity contribution in [2.45, 2.75) is 39.5 Å². The van der Waals surface area contributed by atoms with Crippen molar-refractivity contribution in [3.8, 4) is 0 Å². The van der Waals surface area contributed by atoms with Crippen LogP contribution in [0.2, 0.25) is 0 Å². The fraction of sp³-hybridized carbons (Fsp3) is 1.00. The lowest BCUT2D eigenvalue weighted by atomic mass is 10.3. The van der Waals surface area contributed by atoms with Gasteiger partial charge in [0.15, 0.2) is 0 Å². The van der Waals surface area contributed by atoms with Gasteiger partial charge in [-0.15, -0.1) is 0 Å². The Bertz CT molecular complexity index is 75.9. The Kier molecular flexibility index (Phi) is 8.95. The van der Waals surface area contributed by atoms with Crippen molar-refractivity contribution < 1.29 is 0 Å². The summed E-state index contributed by atoms with van der Waals surface area (Å²) in [7, 11) is 2.02. The van der Waals surface area contributed by atoms with Crippen molar-refractivity contribution >= 4 is 0 Å². The van der Waals surface area contributed by atoms with Crippen molar-refractivity contribution in [2.24, 2.45) is 0 Å². The minimum Gasteiger partial charge on any atom is -0.307 e. The maximum absolute atomic E-state index is 3.21. The molecule has 12 heavy (non-hydrogen) atoms. The zero-order valence-electron chi connectivity index (χ0n) is 8.90. The molecule has 0 saturated heterocycles. The molecule has 0 unspecified atom stereocenters. The van der Waals surface area contributed by atoms with Gasteiger partial charge in [-0.3, -0.25) is 4.90 Å². The molecule has 0 atom stereocenters. The van der Waals surface area contributed by atoms with E-state index in [1.807, 2.05) is 7.05 Å². The first-order valence-corrected chi connectivity index (χ1v) is 5.22. The van der Waals surface area contributed by atoms with E-state index in [-0.39, 0.29) is 0 Å². The van der Waals surface area contributed by atoms with Crippen LogP contribution in [0.15, 0.2) is 0 Å². The lowest BCUT2D eigenvalue weighted by Crippen LogP contribution is -2.33. The number of rotatable bonds is 8. The molecule has 2 heteroatoms. The van der Waals surface area contributed by atoms with Crippen molar-refractivity contribution in [3.63, 3.8) is 0 Å². The van der Waals surface area contributed by atoms with Crippen molar-refractivity contribution in [2.75, 3.05) is 26.8 Å². The molecule has 0 fully saturated rings. The van der Waals surface area contributed by atoms with E-state index in [2.05, 4.69) is 24.1 Å². The topological polar surface area (TPSA) is 15.3 Å². The van der Waals surface area contributed by atoms with Gasteiger partial charge in [-0.1, -0.05) is 26.7 Å². The molecular formula is C10H24N2. The zero-order valence-corrected chi connectivity index (χ0v) is 8.90. The summed E-state index contributed by atoms with van der Waals surface area (Å²) in [6.45, 7) is 8.03. The third-order valence-corrected chi connectivity index (χ3v) is 2.04. The summed E-state index contributed by atoms with van der Waals surface area (Å²) in [6, 6.07) is 0. The van der Waals surface area contributed by atoms with Crippen LogP contribution in [0.4, 0.5) is 0 Å². The number of nitrogens with one attached hydrogen (secondary N) is 1. The Labute approximate surface area is 77.3 Å². The van der Waals surface area contributed by atoms with Crippen LogP contribution in [-0.4, -0.2) is 31.7 Å². The van der Waals surface area contributed by atoms with E-state index in [1.165, 1.54) is 38.8 Å². The quantitative estimate of drug-likeness (QED) is 0.564. The van der Waals surface area contributed by atoms with Crippen LogP contribution >= 0.6 is 0 Å². The van der Waals surface area contributed by atoms with Gasteiger partial charge >= 0.3 is 0 Å². The van der Waals surface area contributed by atoms with Crippen LogP contribution < -0.4 is 5.32 Å². The number of unbranched alkanes of at least 4 members (excludes halogenated alkanes) is 2. The Morgan fingerprint density at radius 1 is 1.00 bits per heavy atom. The molecule has 0 amide bonds. The third-order valence-electron chi connectivity index (χ3n) is 2.04. The highest BCUT2D eigenvalue weighted by atomic mass is 15.2. The summed E-state index contributed by atoms with van der Waals surface area (Å²) in [5.74, 6) is 0. The second-order valence-corrected chi connectivity index (χ2v) is 3.34. The molecular weight excluding hydrogens is 148 g/mol. The first-order valence-electron chi connectivity index (χ1n) is 5.22. The molecule has 0 aliphatic heterocycles. The van der Waals surface area contributed by atoms with Gasteiger partial charge in [-0.2, -0.15) is 0 Å². The van der Waals surface area contributed by atoms with Crippen LogP contribution in [0.25, 0.3) is 0 Å². The molecule has 1 N–H and O–H groups in total. The molecule has 0 aromatic heterocycles. The van der Waals surface area contributed by atoms with Crippen LogP contribution in [0.5, 0.6) is 0 Å². The van der Waals surface area contributed by atoms with Crippen LogP contribution in [0, 0.1) is 0 Å². The molecule has 0 bridgehead atoms. The lowest BCUT2D eigenvalue weighted by molar-refractivity contribution is 0.252. The largest absolute Gasteiger partial charge is 0.307 e. The fourth-order valence-corrected chi connectivity index (χ4v) is 1.26. The minimum absolute atomic E-state index is 1.04.